The highest BCUT2D eigenvalue weighted by molar-refractivity contribution is 5.88. The van der Waals surface area contributed by atoms with E-state index in [0.29, 0.717) is 6.04 Å². The van der Waals surface area contributed by atoms with Crippen molar-refractivity contribution in [1.29, 1.82) is 0 Å². The van der Waals surface area contributed by atoms with Gasteiger partial charge in [0.2, 0.25) is 0 Å². The van der Waals surface area contributed by atoms with Gasteiger partial charge in [-0.05, 0) is 48.7 Å². The first kappa shape index (κ1) is 17.0. The van der Waals surface area contributed by atoms with E-state index in [9.17, 15) is 0 Å². The Hall–Kier alpha value is -2.40. The van der Waals surface area contributed by atoms with Crippen LogP contribution in [-0.2, 0) is 12.8 Å². The number of hydrogen-bond acceptors (Lipinski definition) is 5. The molecule has 5 nitrogen and oxygen atoms in total. The highest BCUT2D eigenvalue weighted by Crippen LogP contribution is 2.56. The lowest BCUT2D eigenvalue weighted by Gasteiger charge is -2.41. The summed E-state index contributed by atoms with van der Waals surface area (Å²) in [6.07, 6.45) is 1.94. The summed E-state index contributed by atoms with van der Waals surface area (Å²) < 4.78 is 22.8. The van der Waals surface area contributed by atoms with Crippen molar-refractivity contribution >= 4 is 0 Å². The predicted molar refractivity (Wildman–Crippen MR) is 101 cm³/mol. The molecule has 138 valence electrons. The minimum Gasteiger partial charge on any atom is -0.493 e. The van der Waals surface area contributed by atoms with Gasteiger partial charge >= 0.3 is 0 Å². The summed E-state index contributed by atoms with van der Waals surface area (Å²) in [5, 5.41) is 0. The van der Waals surface area contributed by atoms with E-state index in [4.69, 9.17) is 18.9 Å². The van der Waals surface area contributed by atoms with Crippen LogP contribution in [0.4, 0.5) is 0 Å². The second-order valence-electron chi connectivity index (χ2n) is 6.85. The summed E-state index contributed by atoms with van der Waals surface area (Å²) in [5.41, 5.74) is 6.04. The molecule has 0 bridgehead atoms. The van der Waals surface area contributed by atoms with Crippen molar-refractivity contribution in [2.24, 2.45) is 0 Å². The molecule has 1 aliphatic carbocycles. The fourth-order valence-corrected chi connectivity index (χ4v) is 4.45. The summed E-state index contributed by atoms with van der Waals surface area (Å²) in [7, 11) is 8.94. The third-order valence-electron chi connectivity index (χ3n) is 5.69. The van der Waals surface area contributed by atoms with Gasteiger partial charge in [0.25, 0.3) is 0 Å². The predicted octanol–water partition coefficient (Wildman–Crippen LogP) is 3.47. The van der Waals surface area contributed by atoms with E-state index < -0.39 is 0 Å². The van der Waals surface area contributed by atoms with Crippen LogP contribution < -0.4 is 18.9 Å². The molecule has 0 fully saturated rings. The standard InChI is InChI=1S/C21H25NO4/c1-22-9-8-13-11-16(24-3)21(26-5)19-17(13)14(22)10-12-6-7-15(23-2)20(25-4)18(12)19/h6-7,11,14H,8-10H2,1-5H3/t14-/m1/s1. The lowest BCUT2D eigenvalue weighted by Crippen LogP contribution is -2.35. The highest BCUT2D eigenvalue weighted by atomic mass is 16.5. The Morgan fingerprint density at radius 3 is 2.19 bits per heavy atom. The molecular formula is C21H25NO4. The molecule has 5 heteroatoms. The molecule has 2 aliphatic rings. The highest BCUT2D eigenvalue weighted by Gasteiger charge is 2.38. The van der Waals surface area contributed by atoms with Crippen molar-refractivity contribution in [1.82, 2.24) is 4.90 Å². The third kappa shape index (κ3) is 2.27. The lowest BCUT2D eigenvalue weighted by atomic mass is 9.76. The van der Waals surface area contributed by atoms with Gasteiger partial charge in [-0.15, -0.1) is 0 Å². The average Bonchev–Trinajstić information content (AvgIpc) is 2.68. The summed E-state index contributed by atoms with van der Waals surface area (Å²) in [4.78, 5) is 2.43. The van der Waals surface area contributed by atoms with Crippen molar-refractivity contribution < 1.29 is 18.9 Å². The number of methoxy groups -OCH3 is 4. The number of ether oxygens (including phenoxy) is 4. The molecule has 0 saturated heterocycles. The summed E-state index contributed by atoms with van der Waals surface area (Å²) in [6.45, 7) is 1.04. The molecule has 2 aromatic rings. The molecule has 0 aromatic heterocycles. The molecule has 0 unspecified atom stereocenters. The van der Waals surface area contributed by atoms with Gasteiger partial charge in [0, 0.05) is 23.7 Å². The number of benzene rings is 2. The molecule has 2 aromatic carbocycles. The first-order chi connectivity index (χ1) is 12.6. The van der Waals surface area contributed by atoms with Gasteiger partial charge in [0.1, 0.15) is 0 Å². The second kappa shape index (κ2) is 6.40. The molecular weight excluding hydrogens is 330 g/mol. The van der Waals surface area contributed by atoms with Gasteiger partial charge < -0.3 is 18.9 Å². The van der Waals surface area contributed by atoms with E-state index in [2.05, 4.69) is 24.1 Å². The molecule has 0 radical (unpaired) electrons. The Labute approximate surface area is 154 Å². The number of nitrogens with zero attached hydrogens (tertiary/aromatic N) is 1. The van der Waals surface area contributed by atoms with E-state index in [1.54, 1.807) is 28.4 Å². The maximum absolute atomic E-state index is 5.83. The largest absolute Gasteiger partial charge is 0.493 e. The van der Waals surface area contributed by atoms with E-state index in [1.807, 2.05) is 6.07 Å². The van der Waals surface area contributed by atoms with E-state index in [-0.39, 0.29) is 0 Å². The van der Waals surface area contributed by atoms with Gasteiger partial charge in [-0.3, -0.25) is 4.90 Å². The number of likely N-dealkylation sites (N-methyl/N-ethyl adjacent to an activating group) is 1. The first-order valence-corrected chi connectivity index (χ1v) is 8.86. The van der Waals surface area contributed by atoms with Crippen molar-refractivity contribution in [3.05, 3.63) is 34.9 Å². The van der Waals surface area contributed by atoms with Crippen LogP contribution in [0.1, 0.15) is 22.7 Å². The van der Waals surface area contributed by atoms with Crippen LogP contribution in [0.3, 0.4) is 0 Å². The van der Waals surface area contributed by atoms with E-state index in [1.165, 1.54) is 16.7 Å². The molecule has 1 atom stereocenters. The van der Waals surface area contributed by atoms with Crippen LogP contribution in [-0.4, -0.2) is 46.9 Å². The van der Waals surface area contributed by atoms with Crippen LogP contribution in [0, 0.1) is 0 Å². The van der Waals surface area contributed by atoms with Gasteiger partial charge in [-0.2, -0.15) is 0 Å². The SMILES string of the molecule is COc1ccc2c(c1OC)-c1c(OC)c(OC)cc3c1[C@@H](C2)N(C)CC3. The molecule has 1 heterocycles. The second-order valence-corrected chi connectivity index (χ2v) is 6.85. The maximum Gasteiger partial charge on any atom is 0.169 e. The zero-order valence-electron chi connectivity index (χ0n) is 16.0. The van der Waals surface area contributed by atoms with Crippen LogP contribution in [0.15, 0.2) is 18.2 Å². The Bertz CT molecular complexity index is 862. The average molecular weight is 355 g/mol. The van der Waals surface area contributed by atoms with E-state index in [0.717, 1.165) is 53.5 Å². The zero-order chi connectivity index (χ0) is 18.4. The Morgan fingerprint density at radius 2 is 1.54 bits per heavy atom. The third-order valence-corrected chi connectivity index (χ3v) is 5.69. The fourth-order valence-electron chi connectivity index (χ4n) is 4.45. The molecule has 0 amide bonds. The van der Waals surface area contributed by atoms with E-state index >= 15 is 0 Å². The minimum atomic E-state index is 0.333. The quantitative estimate of drug-likeness (QED) is 0.840. The normalized spacial score (nSPS) is 18.0. The number of hydrogen-bond donors (Lipinski definition) is 0. The summed E-state index contributed by atoms with van der Waals surface area (Å²) in [5.74, 6) is 3.01. The van der Waals surface area contributed by atoms with Crippen LogP contribution in [0.2, 0.25) is 0 Å². The number of rotatable bonds is 4. The smallest absolute Gasteiger partial charge is 0.169 e. The molecule has 26 heavy (non-hydrogen) atoms. The van der Waals surface area contributed by atoms with Gasteiger partial charge in [0.05, 0.1) is 28.4 Å². The van der Waals surface area contributed by atoms with Gasteiger partial charge in [-0.25, -0.2) is 0 Å². The van der Waals surface area contributed by atoms with Crippen molar-refractivity contribution in [3.63, 3.8) is 0 Å². The minimum absolute atomic E-state index is 0.333. The van der Waals surface area contributed by atoms with Crippen molar-refractivity contribution in [2.45, 2.75) is 18.9 Å². The molecule has 0 N–H and O–H groups in total. The Kier molecular flexibility index (Phi) is 4.19. The van der Waals surface area contributed by atoms with Crippen LogP contribution in [0.25, 0.3) is 11.1 Å². The van der Waals surface area contributed by atoms with Crippen molar-refractivity contribution in [3.8, 4) is 34.1 Å². The van der Waals surface area contributed by atoms with Gasteiger partial charge in [-0.1, -0.05) is 6.07 Å². The van der Waals surface area contributed by atoms with Crippen molar-refractivity contribution in [2.75, 3.05) is 42.0 Å². The Morgan fingerprint density at radius 1 is 0.846 bits per heavy atom. The lowest BCUT2D eigenvalue weighted by molar-refractivity contribution is 0.226. The molecule has 0 saturated carbocycles. The first-order valence-electron chi connectivity index (χ1n) is 8.86. The molecule has 4 rings (SSSR count). The van der Waals surface area contributed by atoms with Crippen LogP contribution >= 0.6 is 0 Å². The topological polar surface area (TPSA) is 40.2 Å². The molecule has 0 spiro atoms. The summed E-state index contributed by atoms with van der Waals surface area (Å²) in [6, 6.07) is 6.59. The Balaban J connectivity index is 2.12. The van der Waals surface area contributed by atoms with Gasteiger partial charge in [0.15, 0.2) is 23.0 Å². The summed E-state index contributed by atoms with van der Waals surface area (Å²) >= 11 is 0. The maximum atomic E-state index is 5.83. The van der Waals surface area contributed by atoms with Crippen LogP contribution in [0.5, 0.6) is 23.0 Å². The fraction of sp³-hybridized carbons (Fsp3) is 0.429. The zero-order valence-corrected chi connectivity index (χ0v) is 16.0. The number of fused-ring (bicyclic) bond motifs is 2. The monoisotopic (exact) mass is 355 g/mol. The molecule has 1 aliphatic heterocycles.